The Kier molecular flexibility index (Phi) is 4.13. The highest BCUT2D eigenvalue weighted by Crippen LogP contribution is 2.22. The number of benzene rings is 1. The van der Waals surface area contributed by atoms with E-state index < -0.39 is 9.84 Å². The fourth-order valence-corrected chi connectivity index (χ4v) is 2.67. The molecule has 0 aliphatic carbocycles. The molecule has 0 saturated heterocycles. The third-order valence-electron chi connectivity index (χ3n) is 3.15. The molecule has 0 unspecified atom stereocenters. The Morgan fingerprint density at radius 1 is 1.30 bits per heavy atom. The number of rotatable bonds is 5. The van der Waals surface area contributed by atoms with Crippen molar-refractivity contribution in [2.75, 3.05) is 18.6 Å². The number of fused-ring (bicyclic) bond motifs is 1. The predicted molar refractivity (Wildman–Crippen MR) is 79.7 cm³/mol. The van der Waals surface area contributed by atoms with Crippen LogP contribution in [-0.4, -0.2) is 37.9 Å². The van der Waals surface area contributed by atoms with Gasteiger partial charge in [0.15, 0.2) is 0 Å². The molecule has 1 heterocycles. The first kappa shape index (κ1) is 14.6. The molecule has 0 aliphatic rings. The minimum absolute atomic E-state index is 0.0551. The molecule has 0 aliphatic heterocycles. The summed E-state index contributed by atoms with van der Waals surface area (Å²) in [4.78, 5) is 15.2. The van der Waals surface area contributed by atoms with E-state index in [1.807, 2.05) is 31.2 Å². The van der Waals surface area contributed by atoms with Crippen LogP contribution in [0.15, 0.2) is 24.3 Å². The van der Waals surface area contributed by atoms with E-state index in [1.54, 1.807) is 0 Å². The number of hydrogen-bond acceptors (Lipinski definition) is 3. The van der Waals surface area contributed by atoms with E-state index >= 15 is 0 Å². The predicted octanol–water partition coefficient (Wildman–Crippen LogP) is 1.50. The summed E-state index contributed by atoms with van der Waals surface area (Å²) in [5, 5.41) is 3.67. The molecule has 5 nitrogen and oxygen atoms in total. The molecule has 0 saturated carbocycles. The topological polar surface area (TPSA) is 79.0 Å². The first-order valence-electron chi connectivity index (χ1n) is 6.48. The van der Waals surface area contributed by atoms with Crippen molar-refractivity contribution in [2.24, 2.45) is 0 Å². The quantitative estimate of drug-likeness (QED) is 0.877. The van der Waals surface area contributed by atoms with Gasteiger partial charge in [0, 0.05) is 23.7 Å². The minimum atomic E-state index is -3.07. The maximum atomic E-state index is 12.1. The first-order valence-corrected chi connectivity index (χ1v) is 8.54. The summed E-state index contributed by atoms with van der Waals surface area (Å²) < 4.78 is 22.1. The number of carbonyl (C=O) groups excluding carboxylic acids is 1. The molecule has 108 valence electrons. The van der Waals surface area contributed by atoms with Crippen LogP contribution in [0.5, 0.6) is 0 Å². The van der Waals surface area contributed by atoms with Crippen molar-refractivity contribution in [3.63, 3.8) is 0 Å². The van der Waals surface area contributed by atoms with E-state index in [0.717, 1.165) is 29.1 Å². The van der Waals surface area contributed by atoms with Crippen molar-refractivity contribution in [2.45, 2.75) is 13.3 Å². The molecule has 0 radical (unpaired) electrons. The normalized spacial score (nSPS) is 11.7. The lowest BCUT2D eigenvalue weighted by Crippen LogP contribution is -2.29. The van der Waals surface area contributed by atoms with Crippen LogP contribution in [0.25, 0.3) is 10.9 Å². The number of aromatic nitrogens is 1. The van der Waals surface area contributed by atoms with Gasteiger partial charge in [0.2, 0.25) is 0 Å². The summed E-state index contributed by atoms with van der Waals surface area (Å²) in [7, 11) is -3.07. The summed E-state index contributed by atoms with van der Waals surface area (Å²) in [5.41, 5.74) is 2.39. The average Bonchev–Trinajstić information content (AvgIpc) is 2.75. The van der Waals surface area contributed by atoms with E-state index in [1.165, 1.54) is 0 Å². The van der Waals surface area contributed by atoms with Gasteiger partial charge in [-0.15, -0.1) is 0 Å². The smallest absolute Gasteiger partial charge is 0.268 e. The van der Waals surface area contributed by atoms with Gasteiger partial charge in [-0.05, 0) is 18.1 Å². The van der Waals surface area contributed by atoms with Crippen LogP contribution >= 0.6 is 0 Å². The zero-order valence-electron chi connectivity index (χ0n) is 11.6. The lowest BCUT2D eigenvalue weighted by molar-refractivity contribution is 0.0951. The number of aromatic amines is 1. The molecule has 0 fully saturated rings. The summed E-state index contributed by atoms with van der Waals surface area (Å²) in [6, 6.07) is 7.73. The van der Waals surface area contributed by atoms with Crippen LogP contribution in [-0.2, 0) is 16.3 Å². The molecule has 6 heteroatoms. The summed E-state index contributed by atoms with van der Waals surface area (Å²) >= 11 is 0. The Balaban J connectivity index is 2.21. The van der Waals surface area contributed by atoms with Gasteiger partial charge in [0.05, 0.1) is 5.75 Å². The summed E-state index contributed by atoms with van der Waals surface area (Å²) in [6.45, 7) is 2.11. The van der Waals surface area contributed by atoms with Crippen LogP contribution < -0.4 is 5.32 Å². The number of amides is 1. The van der Waals surface area contributed by atoms with Crippen LogP contribution in [0.3, 0.4) is 0 Å². The van der Waals surface area contributed by atoms with E-state index in [9.17, 15) is 13.2 Å². The fraction of sp³-hybridized carbons (Fsp3) is 0.357. The van der Waals surface area contributed by atoms with E-state index in [-0.39, 0.29) is 18.2 Å². The third kappa shape index (κ3) is 3.19. The van der Waals surface area contributed by atoms with Gasteiger partial charge in [-0.25, -0.2) is 8.42 Å². The van der Waals surface area contributed by atoms with Crippen LogP contribution in [0.1, 0.15) is 23.0 Å². The van der Waals surface area contributed by atoms with Gasteiger partial charge < -0.3 is 10.3 Å². The van der Waals surface area contributed by atoms with Crippen molar-refractivity contribution in [3.05, 3.63) is 35.5 Å². The zero-order chi connectivity index (χ0) is 14.8. The molecular formula is C14H18N2O3S. The van der Waals surface area contributed by atoms with Crippen molar-refractivity contribution in [3.8, 4) is 0 Å². The molecule has 0 atom stereocenters. The molecule has 0 bridgehead atoms. The second-order valence-electron chi connectivity index (χ2n) is 4.76. The second-order valence-corrected chi connectivity index (χ2v) is 7.02. The number of nitrogens with one attached hydrogen (secondary N) is 2. The molecule has 2 rings (SSSR count). The van der Waals surface area contributed by atoms with Crippen molar-refractivity contribution in [1.29, 1.82) is 0 Å². The second kappa shape index (κ2) is 5.66. The molecule has 1 amide bonds. The Morgan fingerprint density at radius 2 is 2.00 bits per heavy atom. The van der Waals surface area contributed by atoms with Gasteiger partial charge >= 0.3 is 0 Å². The minimum Gasteiger partial charge on any atom is -0.350 e. The van der Waals surface area contributed by atoms with E-state index in [2.05, 4.69) is 10.3 Å². The van der Waals surface area contributed by atoms with Crippen LogP contribution in [0.2, 0.25) is 0 Å². The number of carbonyl (C=O) groups is 1. The number of H-pyrrole nitrogens is 1. The number of sulfone groups is 1. The molecule has 0 spiro atoms. The lowest BCUT2D eigenvalue weighted by atomic mass is 10.1. The number of hydrogen-bond donors (Lipinski definition) is 2. The molecule has 1 aromatic heterocycles. The van der Waals surface area contributed by atoms with E-state index in [4.69, 9.17) is 0 Å². The zero-order valence-corrected chi connectivity index (χ0v) is 12.4. The summed E-state index contributed by atoms with van der Waals surface area (Å²) in [5.74, 6) is -0.317. The molecule has 2 N–H and O–H groups in total. The molecule has 1 aromatic carbocycles. The Morgan fingerprint density at radius 3 is 2.65 bits per heavy atom. The van der Waals surface area contributed by atoms with Crippen molar-refractivity contribution >= 4 is 26.6 Å². The monoisotopic (exact) mass is 294 g/mol. The van der Waals surface area contributed by atoms with E-state index in [0.29, 0.717) is 5.69 Å². The van der Waals surface area contributed by atoms with Gasteiger partial charge in [0.1, 0.15) is 15.5 Å². The maximum absolute atomic E-state index is 12.1. The Labute approximate surface area is 118 Å². The maximum Gasteiger partial charge on any atom is 0.268 e. The first-order chi connectivity index (χ1) is 9.42. The highest BCUT2D eigenvalue weighted by molar-refractivity contribution is 7.90. The van der Waals surface area contributed by atoms with Gasteiger partial charge in [-0.2, -0.15) is 0 Å². The van der Waals surface area contributed by atoms with Gasteiger partial charge in [-0.3, -0.25) is 4.79 Å². The molecule has 2 aromatic rings. The average molecular weight is 294 g/mol. The Bertz CT molecular complexity index is 732. The highest BCUT2D eigenvalue weighted by Gasteiger charge is 2.16. The van der Waals surface area contributed by atoms with Gasteiger partial charge in [0.25, 0.3) is 5.91 Å². The summed E-state index contributed by atoms with van der Waals surface area (Å²) in [6.07, 6.45) is 1.89. The Hall–Kier alpha value is -1.82. The van der Waals surface area contributed by atoms with Crippen molar-refractivity contribution in [1.82, 2.24) is 10.3 Å². The third-order valence-corrected chi connectivity index (χ3v) is 4.10. The molecular weight excluding hydrogens is 276 g/mol. The number of aryl methyl sites for hydroxylation is 1. The standard InChI is InChI=1S/C14H18N2O3S/c1-3-10-11-6-4-5-7-12(11)16-13(10)14(17)15-8-9-20(2,18)19/h4-7,16H,3,8-9H2,1-2H3,(H,15,17). The van der Waals surface area contributed by atoms with Crippen LogP contribution in [0.4, 0.5) is 0 Å². The van der Waals surface area contributed by atoms with Gasteiger partial charge in [-0.1, -0.05) is 25.1 Å². The van der Waals surface area contributed by atoms with Crippen molar-refractivity contribution < 1.29 is 13.2 Å². The SMILES string of the molecule is CCc1c(C(=O)NCCS(C)(=O)=O)[nH]c2ccccc12. The largest absolute Gasteiger partial charge is 0.350 e. The fourth-order valence-electron chi connectivity index (χ4n) is 2.20. The van der Waals surface area contributed by atoms with Crippen LogP contribution in [0, 0.1) is 0 Å². The number of para-hydroxylation sites is 1. The lowest BCUT2D eigenvalue weighted by Gasteiger charge is -2.04. The molecule has 20 heavy (non-hydrogen) atoms. The highest BCUT2D eigenvalue weighted by atomic mass is 32.2.